The van der Waals surface area contributed by atoms with Crippen LogP contribution in [0.25, 0.3) is 0 Å². The van der Waals surface area contributed by atoms with Gasteiger partial charge in [-0.3, -0.25) is 4.79 Å². The first-order valence-electron chi connectivity index (χ1n) is 5.72. The van der Waals surface area contributed by atoms with E-state index >= 15 is 0 Å². The SMILES string of the molecule is N#Cc1cccc(CNC(=O)C2CC(N)NN2)c1. The van der Waals surface area contributed by atoms with Crippen molar-refractivity contribution in [2.24, 2.45) is 5.73 Å². The molecule has 94 valence electrons. The van der Waals surface area contributed by atoms with Gasteiger partial charge in [0, 0.05) is 13.0 Å². The summed E-state index contributed by atoms with van der Waals surface area (Å²) in [5.41, 5.74) is 12.7. The van der Waals surface area contributed by atoms with E-state index in [0.717, 1.165) is 5.56 Å². The molecule has 0 spiro atoms. The molecule has 1 aliphatic rings. The Morgan fingerprint density at radius 2 is 2.39 bits per heavy atom. The molecule has 5 N–H and O–H groups in total. The van der Waals surface area contributed by atoms with Crippen LogP contribution in [0.3, 0.4) is 0 Å². The Kier molecular flexibility index (Phi) is 3.89. The van der Waals surface area contributed by atoms with Gasteiger partial charge in [-0.15, -0.1) is 0 Å². The van der Waals surface area contributed by atoms with Crippen molar-refractivity contribution in [3.63, 3.8) is 0 Å². The first-order valence-corrected chi connectivity index (χ1v) is 5.72. The smallest absolute Gasteiger partial charge is 0.238 e. The van der Waals surface area contributed by atoms with Crippen molar-refractivity contribution in [1.82, 2.24) is 16.2 Å². The number of nitrogens with one attached hydrogen (secondary N) is 3. The van der Waals surface area contributed by atoms with Crippen molar-refractivity contribution < 1.29 is 4.79 Å². The van der Waals surface area contributed by atoms with Gasteiger partial charge in [0.1, 0.15) is 6.04 Å². The average molecular weight is 245 g/mol. The molecule has 0 saturated carbocycles. The molecule has 1 fully saturated rings. The standard InChI is InChI=1S/C12H15N5O/c13-6-8-2-1-3-9(4-8)7-15-12(18)10-5-11(14)17-16-10/h1-4,10-11,16-17H,5,7,14H2,(H,15,18). The van der Waals surface area contributed by atoms with Crippen LogP contribution in [-0.4, -0.2) is 18.1 Å². The molecule has 0 aliphatic carbocycles. The lowest BCUT2D eigenvalue weighted by Gasteiger charge is -2.10. The Hall–Kier alpha value is -1.94. The summed E-state index contributed by atoms with van der Waals surface area (Å²) in [6, 6.07) is 8.91. The molecule has 0 radical (unpaired) electrons. The van der Waals surface area contributed by atoms with Crippen LogP contribution in [0, 0.1) is 11.3 Å². The van der Waals surface area contributed by atoms with E-state index < -0.39 is 0 Å². The van der Waals surface area contributed by atoms with E-state index in [-0.39, 0.29) is 18.1 Å². The fourth-order valence-electron chi connectivity index (χ4n) is 1.82. The van der Waals surface area contributed by atoms with E-state index in [0.29, 0.717) is 18.5 Å². The van der Waals surface area contributed by atoms with Gasteiger partial charge in [0.05, 0.1) is 17.8 Å². The minimum atomic E-state index is -0.306. The Labute approximate surface area is 105 Å². The molecule has 1 aromatic carbocycles. The lowest BCUT2D eigenvalue weighted by atomic mass is 10.1. The van der Waals surface area contributed by atoms with E-state index in [9.17, 15) is 4.79 Å². The normalized spacial score (nSPS) is 22.4. The number of carbonyl (C=O) groups excluding carboxylic acids is 1. The van der Waals surface area contributed by atoms with Gasteiger partial charge in [0.2, 0.25) is 5.91 Å². The summed E-state index contributed by atoms with van der Waals surface area (Å²) in [5, 5.41) is 11.6. The number of benzene rings is 1. The van der Waals surface area contributed by atoms with Gasteiger partial charge in [-0.05, 0) is 17.7 Å². The Morgan fingerprint density at radius 3 is 3.06 bits per heavy atom. The summed E-state index contributed by atoms with van der Waals surface area (Å²) in [5.74, 6) is -0.0992. The van der Waals surface area contributed by atoms with E-state index in [2.05, 4.69) is 22.2 Å². The summed E-state index contributed by atoms with van der Waals surface area (Å²) in [4.78, 5) is 11.8. The third kappa shape index (κ3) is 3.05. The topological polar surface area (TPSA) is 103 Å². The predicted molar refractivity (Wildman–Crippen MR) is 65.7 cm³/mol. The molecule has 0 bridgehead atoms. The highest BCUT2D eigenvalue weighted by Crippen LogP contribution is 2.05. The minimum absolute atomic E-state index is 0.0992. The van der Waals surface area contributed by atoms with Gasteiger partial charge in [-0.1, -0.05) is 12.1 Å². The van der Waals surface area contributed by atoms with Crippen LogP contribution in [0.2, 0.25) is 0 Å². The highest BCUT2D eigenvalue weighted by Gasteiger charge is 2.26. The van der Waals surface area contributed by atoms with Crippen molar-refractivity contribution in [3.8, 4) is 6.07 Å². The molecule has 1 amide bonds. The monoisotopic (exact) mass is 245 g/mol. The molecule has 1 aliphatic heterocycles. The van der Waals surface area contributed by atoms with Crippen LogP contribution in [0.15, 0.2) is 24.3 Å². The molecule has 0 aromatic heterocycles. The Morgan fingerprint density at radius 1 is 1.56 bits per heavy atom. The van der Waals surface area contributed by atoms with Crippen LogP contribution in [0.1, 0.15) is 17.5 Å². The number of hydrazine groups is 1. The summed E-state index contributed by atoms with van der Waals surface area (Å²) < 4.78 is 0. The van der Waals surface area contributed by atoms with Gasteiger partial charge in [-0.2, -0.15) is 5.26 Å². The van der Waals surface area contributed by atoms with Crippen LogP contribution in [0.4, 0.5) is 0 Å². The first-order chi connectivity index (χ1) is 8.69. The van der Waals surface area contributed by atoms with Crippen LogP contribution in [0.5, 0.6) is 0 Å². The van der Waals surface area contributed by atoms with Crippen molar-refractivity contribution >= 4 is 5.91 Å². The Bertz CT molecular complexity index is 482. The number of carbonyl (C=O) groups is 1. The highest BCUT2D eigenvalue weighted by molar-refractivity contribution is 5.82. The number of rotatable bonds is 3. The van der Waals surface area contributed by atoms with E-state index in [4.69, 9.17) is 11.0 Å². The van der Waals surface area contributed by atoms with Crippen LogP contribution >= 0.6 is 0 Å². The molecule has 1 aromatic rings. The molecule has 18 heavy (non-hydrogen) atoms. The third-order valence-corrected chi connectivity index (χ3v) is 2.77. The molecule has 2 rings (SSSR count). The maximum atomic E-state index is 11.8. The summed E-state index contributed by atoms with van der Waals surface area (Å²) in [7, 11) is 0. The lowest BCUT2D eigenvalue weighted by molar-refractivity contribution is -0.123. The quantitative estimate of drug-likeness (QED) is 0.565. The summed E-state index contributed by atoms with van der Waals surface area (Å²) >= 11 is 0. The molecule has 6 nitrogen and oxygen atoms in total. The summed E-state index contributed by atoms with van der Waals surface area (Å²) in [6.07, 6.45) is 0.368. The van der Waals surface area contributed by atoms with Gasteiger partial charge in [0.15, 0.2) is 0 Å². The predicted octanol–water partition coefficient (Wildman–Crippen LogP) is -0.674. The summed E-state index contributed by atoms with van der Waals surface area (Å²) in [6.45, 7) is 0.405. The van der Waals surface area contributed by atoms with E-state index in [1.165, 1.54) is 0 Å². The molecular weight excluding hydrogens is 230 g/mol. The number of nitrogens with two attached hydrogens (primary N) is 1. The molecule has 1 heterocycles. The molecule has 1 saturated heterocycles. The van der Waals surface area contributed by atoms with Gasteiger partial charge < -0.3 is 11.1 Å². The minimum Gasteiger partial charge on any atom is -0.351 e. The second-order valence-corrected chi connectivity index (χ2v) is 4.21. The zero-order chi connectivity index (χ0) is 13.0. The molecule has 2 unspecified atom stereocenters. The second-order valence-electron chi connectivity index (χ2n) is 4.21. The maximum Gasteiger partial charge on any atom is 0.238 e. The van der Waals surface area contributed by atoms with Gasteiger partial charge >= 0.3 is 0 Å². The number of hydrogen-bond donors (Lipinski definition) is 4. The van der Waals surface area contributed by atoms with Gasteiger partial charge in [0.25, 0.3) is 0 Å². The van der Waals surface area contributed by atoms with Gasteiger partial charge in [-0.25, -0.2) is 10.9 Å². The van der Waals surface area contributed by atoms with E-state index in [1.54, 1.807) is 18.2 Å². The van der Waals surface area contributed by atoms with Crippen molar-refractivity contribution in [1.29, 1.82) is 5.26 Å². The van der Waals surface area contributed by atoms with Crippen molar-refractivity contribution in [3.05, 3.63) is 35.4 Å². The van der Waals surface area contributed by atoms with Crippen LogP contribution in [-0.2, 0) is 11.3 Å². The Balaban J connectivity index is 1.87. The number of amides is 1. The fourth-order valence-corrected chi connectivity index (χ4v) is 1.82. The van der Waals surface area contributed by atoms with E-state index in [1.807, 2.05) is 6.07 Å². The van der Waals surface area contributed by atoms with Crippen molar-refractivity contribution in [2.45, 2.75) is 25.2 Å². The van der Waals surface area contributed by atoms with Crippen LogP contribution < -0.4 is 21.9 Å². The van der Waals surface area contributed by atoms with Crippen molar-refractivity contribution in [2.75, 3.05) is 0 Å². The second kappa shape index (κ2) is 5.60. The number of nitriles is 1. The molecule has 2 atom stereocenters. The first kappa shape index (κ1) is 12.5. The lowest BCUT2D eigenvalue weighted by Crippen LogP contribution is -2.43. The number of hydrogen-bond acceptors (Lipinski definition) is 5. The molecule has 6 heteroatoms. The maximum absolute atomic E-state index is 11.8. The molecular formula is C12H15N5O. The highest BCUT2D eigenvalue weighted by atomic mass is 16.2. The zero-order valence-electron chi connectivity index (χ0n) is 9.81. The third-order valence-electron chi connectivity index (χ3n) is 2.77. The fraction of sp³-hybridized carbons (Fsp3) is 0.333. The average Bonchev–Trinajstić information content (AvgIpc) is 2.83. The zero-order valence-corrected chi connectivity index (χ0v) is 9.81. The largest absolute Gasteiger partial charge is 0.351 e. The number of nitrogens with zero attached hydrogens (tertiary/aromatic N) is 1.